The molecule has 2 aromatic carbocycles. The molecule has 4 rings (SSSR count). The van der Waals surface area contributed by atoms with Crippen LogP contribution in [0.15, 0.2) is 77.2 Å². The molecule has 0 unspecified atom stereocenters. The van der Waals surface area contributed by atoms with Crippen LogP contribution < -0.4 is 16.4 Å². The Bertz CT molecular complexity index is 1330. The van der Waals surface area contributed by atoms with Crippen molar-refractivity contribution < 1.29 is 33.6 Å². The first-order valence-corrected chi connectivity index (χ1v) is 15.3. The molecule has 0 bridgehead atoms. The number of nitrogens with one attached hydrogen (secondary N) is 2. The van der Waals surface area contributed by atoms with Crippen molar-refractivity contribution in [1.82, 2.24) is 5.32 Å². The predicted molar refractivity (Wildman–Crippen MR) is 166 cm³/mol. The first kappa shape index (κ1) is 32.2. The van der Waals surface area contributed by atoms with Crippen molar-refractivity contribution in [2.45, 2.75) is 32.1 Å². The Kier molecular flexibility index (Phi) is 12.6. The van der Waals surface area contributed by atoms with E-state index in [4.69, 9.17) is 29.8 Å². The number of carbonyl (C=O) groups is 2. The molecule has 1 aliphatic heterocycles. The van der Waals surface area contributed by atoms with Crippen LogP contribution in [0, 0.1) is 5.92 Å². The van der Waals surface area contributed by atoms with Gasteiger partial charge in [-0.25, -0.2) is 0 Å². The van der Waals surface area contributed by atoms with Gasteiger partial charge in [-0.05, 0) is 71.6 Å². The second kappa shape index (κ2) is 16.8. The summed E-state index contributed by atoms with van der Waals surface area (Å²) in [5, 5.41) is 18.6. The number of hydrogen-bond donors (Lipinski definition) is 4. The highest BCUT2D eigenvalue weighted by Crippen LogP contribution is 2.39. The summed E-state index contributed by atoms with van der Waals surface area (Å²) in [5.41, 5.74) is 9.35. The zero-order valence-electron chi connectivity index (χ0n) is 24.2. The summed E-state index contributed by atoms with van der Waals surface area (Å²) in [6, 6.07) is 16.1. The Hall–Kier alpha value is -3.74. The van der Waals surface area contributed by atoms with Crippen molar-refractivity contribution >= 4 is 34.5 Å². The maximum absolute atomic E-state index is 13.2. The molecule has 0 saturated carbocycles. The minimum Gasteiger partial charge on any atom is -0.459 e. The molecule has 1 aromatic heterocycles. The predicted octanol–water partition coefficient (Wildman–Crippen LogP) is 4.29. The molecule has 1 aliphatic rings. The Morgan fingerprint density at radius 3 is 2.47 bits per heavy atom. The number of allylic oxidation sites excluding steroid dienone is 1. The van der Waals surface area contributed by atoms with E-state index in [0.717, 1.165) is 11.1 Å². The molecular weight excluding hydrogens is 570 g/mol. The van der Waals surface area contributed by atoms with Gasteiger partial charge in [0, 0.05) is 37.2 Å². The quantitative estimate of drug-likeness (QED) is 0.139. The molecule has 0 saturated heterocycles. The van der Waals surface area contributed by atoms with Gasteiger partial charge >= 0.3 is 0 Å². The first-order valence-electron chi connectivity index (χ1n) is 14.3. The highest BCUT2D eigenvalue weighted by atomic mass is 32.1. The third-order valence-electron chi connectivity index (χ3n) is 6.95. The molecule has 0 spiro atoms. The number of anilines is 2. The van der Waals surface area contributed by atoms with Crippen LogP contribution in [-0.2, 0) is 30.3 Å². The smallest absolute Gasteiger partial charge is 0.286 e. The highest BCUT2D eigenvalue weighted by Gasteiger charge is 2.38. The second-order valence-corrected chi connectivity index (χ2v) is 10.7. The van der Waals surface area contributed by atoms with Crippen LogP contribution in [-0.4, -0.2) is 62.9 Å². The fraction of sp³-hybridized carbons (Fsp3) is 0.375. The van der Waals surface area contributed by atoms with Crippen molar-refractivity contribution in [3.8, 4) is 0 Å². The largest absolute Gasteiger partial charge is 0.459 e. The first-order chi connectivity index (χ1) is 21.0. The third-order valence-corrected chi connectivity index (χ3v) is 7.65. The lowest BCUT2D eigenvalue weighted by Gasteiger charge is -2.36. The van der Waals surface area contributed by atoms with E-state index in [1.54, 1.807) is 59.9 Å². The van der Waals surface area contributed by atoms with Gasteiger partial charge in [0.2, 0.25) is 6.29 Å². The number of aliphatic hydroxyl groups is 1. The van der Waals surface area contributed by atoms with Crippen LogP contribution in [0.4, 0.5) is 11.4 Å². The van der Waals surface area contributed by atoms with Crippen LogP contribution >= 0.6 is 11.3 Å². The number of rotatable bonds is 16. The summed E-state index contributed by atoms with van der Waals surface area (Å²) in [6.45, 7) is 4.16. The Balaban J connectivity index is 1.37. The third kappa shape index (κ3) is 9.37. The number of ether oxygens (including phenoxy) is 4. The van der Waals surface area contributed by atoms with Gasteiger partial charge in [0.05, 0.1) is 37.8 Å². The fourth-order valence-electron chi connectivity index (χ4n) is 4.74. The maximum Gasteiger partial charge on any atom is 0.286 e. The minimum atomic E-state index is -0.619. The van der Waals surface area contributed by atoms with Crippen LogP contribution in [0.3, 0.4) is 0 Å². The zero-order chi connectivity index (χ0) is 30.4. The average Bonchev–Trinajstić information content (AvgIpc) is 3.56. The number of aliphatic hydroxyl groups excluding tert-OH is 1. The van der Waals surface area contributed by atoms with Crippen molar-refractivity contribution in [2.75, 3.05) is 50.7 Å². The van der Waals surface area contributed by atoms with E-state index < -0.39 is 6.29 Å². The molecule has 0 aliphatic carbocycles. The van der Waals surface area contributed by atoms with Crippen molar-refractivity contribution in [3.63, 3.8) is 0 Å². The van der Waals surface area contributed by atoms with Gasteiger partial charge in [-0.3, -0.25) is 9.59 Å². The summed E-state index contributed by atoms with van der Waals surface area (Å²) in [4.78, 5) is 25.9. The van der Waals surface area contributed by atoms with E-state index in [0.29, 0.717) is 49.8 Å². The van der Waals surface area contributed by atoms with E-state index >= 15 is 0 Å². The van der Waals surface area contributed by atoms with Gasteiger partial charge in [0.15, 0.2) is 5.76 Å². The summed E-state index contributed by atoms with van der Waals surface area (Å²) < 4.78 is 23.1. The van der Waals surface area contributed by atoms with Crippen molar-refractivity contribution in [2.24, 2.45) is 5.92 Å². The lowest BCUT2D eigenvalue weighted by atomic mass is 9.82. The summed E-state index contributed by atoms with van der Waals surface area (Å²) in [6.07, 6.45) is 1.91. The molecule has 10 nitrogen and oxygen atoms in total. The molecule has 3 aromatic rings. The van der Waals surface area contributed by atoms with Gasteiger partial charge in [-0.15, -0.1) is 0 Å². The Labute approximate surface area is 255 Å². The van der Waals surface area contributed by atoms with Crippen molar-refractivity contribution in [1.29, 1.82) is 0 Å². The molecule has 11 heteroatoms. The Morgan fingerprint density at radius 1 is 1.00 bits per heavy atom. The molecule has 2 amide bonds. The highest BCUT2D eigenvalue weighted by molar-refractivity contribution is 7.08. The SMILES string of the molecule is CCO[C@H]1OC(C(=O)NCc2ccc(C(=O)Nc3ccccc3N)cc2)=C[C@@H](c2ccsc2)[C@H]1CCOCCOCCO. The van der Waals surface area contributed by atoms with E-state index in [1.807, 2.05) is 18.4 Å². The summed E-state index contributed by atoms with van der Waals surface area (Å²) in [7, 11) is 0. The van der Waals surface area contributed by atoms with Gasteiger partial charge in [-0.2, -0.15) is 11.3 Å². The van der Waals surface area contributed by atoms with Crippen LogP contribution in [0.1, 0.15) is 40.7 Å². The van der Waals surface area contributed by atoms with Crippen LogP contribution in [0.5, 0.6) is 0 Å². The number of hydrogen-bond acceptors (Lipinski definition) is 9. The molecule has 3 atom stereocenters. The minimum absolute atomic E-state index is 0.0174. The number of amides is 2. The zero-order valence-corrected chi connectivity index (χ0v) is 25.0. The van der Waals surface area contributed by atoms with E-state index in [9.17, 15) is 9.59 Å². The van der Waals surface area contributed by atoms with Crippen molar-refractivity contribution in [3.05, 3.63) is 93.9 Å². The number of benzene rings is 2. The Morgan fingerprint density at radius 2 is 1.77 bits per heavy atom. The molecule has 5 N–H and O–H groups in total. The molecule has 0 fully saturated rings. The molecule has 2 heterocycles. The number of nitrogens with two attached hydrogens (primary N) is 1. The van der Waals surface area contributed by atoms with E-state index in [1.165, 1.54) is 0 Å². The van der Waals surface area contributed by atoms with Gasteiger partial charge < -0.3 is 40.4 Å². The maximum atomic E-state index is 13.2. The van der Waals surface area contributed by atoms with Gasteiger partial charge in [-0.1, -0.05) is 24.3 Å². The monoisotopic (exact) mass is 609 g/mol. The molecular formula is C32H39N3O7S. The standard InChI is InChI=1S/C32H39N3O7S/c1-2-41-32-25(11-14-39-16-17-40-15-13-36)26(24-12-18-43-21-24)19-29(42-32)31(38)34-20-22-7-9-23(10-8-22)30(37)35-28-6-4-3-5-27(28)33/h3-10,12,18-19,21,25-26,32,36H,2,11,13-17,20,33H2,1H3,(H,34,38)(H,35,37)/t25-,26+,32+/m1/s1. The molecule has 43 heavy (non-hydrogen) atoms. The summed E-state index contributed by atoms with van der Waals surface area (Å²) in [5.74, 6) is -0.564. The van der Waals surface area contributed by atoms with Crippen LogP contribution in [0.25, 0.3) is 0 Å². The topological polar surface area (TPSA) is 141 Å². The molecule has 230 valence electrons. The normalized spacial score (nSPS) is 18.0. The van der Waals surface area contributed by atoms with E-state index in [2.05, 4.69) is 22.1 Å². The summed E-state index contributed by atoms with van der Waals surface area (Å²) >= 11 is 1.60. The number of para-hydroxylation sites is 2. The van der Waals surface area contributed by atoms with Gasteiger partial charge in [0.25, 0.3) is 11.8 Å². The second-order valence-electron chi connectivity index (χ2n) is 9.88. The molecule has 0 radical (unpaired) electrons. The fourth-order valence-corrected chi connectivity index (χ4v) is 5.44. The lowest BCUT2D eigenvalue weighted by Crippen LogP contribution is -2.39. The number of thiophene rings is 1. The average molecular weight is 610 g/mol. The number of carbonyl (C=O) groups excluding carboxylic acids is 2. The van der Waals surface area contributed by atoms with E-state index in [-0.39, 0.29) is 49.2 Å². The van der Waals surface area contributed by atoms with Crippen LogP contribution in [0.2, 0.25) is 0 Å². The van der Waals surface area contributed by atoms with Gasteiger partial charge in [0.1, 0.15) is 0 Å². The lowest BCUT2D eigenvalue weighted by molar-refractivity contribution is -0.168. The number of nitrogen functional groups attached to an aromatic ring is 1.